The molecule has 74 valence electrons. The topological polar surface area (TPSA) is 63.3 Å². The minimum absolute atomic E-state index is 0.0623. The van der Waals surface area contributed by atoms with Gasteiger partial charge in [0.1, 0.15) is 0 Å². The van der Waals surface area contributed by atoms with E-state index in [1.54, 1.807) is 0 Å². The normalized spacial score (nSPS) is 17.3. The number of carboxylic acids is 1. The maximum Gasteiger partial charge on any atom is 0.330 e. The van der Waals surface area contributed by atoms with Gasteiger partial charge < -0.3 is 10.8 Å². The Bertz CT molecular complexity index is 231. The lowest BCUT2D eigenvalue weighted by atomic mass is 9.92. The van der Waals surface area contributed by atoms with Crippen molar-refractivity contribution in [2.24, 2.45) is 17.6 Å². The van der Waals surface area contributed by atoms with Crippen LogP contribution in [-0.4, -0.2) is 11.1 Å². The zero-order valence-electron chi connectivity index (χ0n) is 8.32. The van der Waals surface area contributed by atoms with Gasteiger partial charge in [-0.2, -0.15) is 0 Å². The Morgan fingerprint density at radius 1 is 1.46 bits per heavy atom. The Labute approximate surface area is 78.9 Å². The maximum atomic E-state index is 10.3. The van der Waals surface area contributed by atoms with Crippen LogP contribution in [0, 0.1) is 11.8 Å². The lowest BCUT2D eigenvalue weighted by molar-refractivity contribution is -0.131. The molecule has 3 heteroatoms. The largest absolute Gasteiger partial charge is 0.478 e. The number of carbonyl (C=O) groups is 1. The van der Waals surface area contributed by atoms with Gasteiger partial charge >= 0.3 is 5.97 Å². The summed E-state index contributed by atoms with van der Waals surface area (Å²) in [6.45, 7) is 5.85. The van der Waals surface area contributed by atoms with E-state index >= 15 is 0 Å². The van der Waals surface area contributed by atoms with Crippen molar-refractivity contribution < 1.29 is 9.90 Å². The van der Waals surface area contributed by atoms with Crippen molar-refractivity contribution in [3.05, 3.63) is 23.9 Å². The van der Waals surface area contributed by atoms with Crippen LogP contribution in [-0.2, 0) is 4.79 Å². The predicted molar refractivity (Wildman–Crippen MR) is 53.0 cm³/mol. The number of nitrogens with two attached hydrogens (primary N) is 1. The van der Waals surface area contributed by atoms with Crippen LogP contribution in [0.5, 0.6) is 0 Å². The van der Waals surface area contributed by atoms with Crippen LogP contribution < -0.4 is 5.73 Å². The van der Waals surface area contributed by atoms with Crippen molar-refractivity contribution >= 4 is 5.97 Å². The first-order chi connectivity index (χ1) is 5.99. The Kier molecular flexibility index (Phi) is 4.89. The maximum absolute atomic E-state index is 10.3. The molecule has 0 aromatic carbocycles. The minimum atomic E-state index is -0.989. The van der Waals surface area contributed by atoms with Gasteiger partial charge in [0.15, 0.2) is 0 Å². The van der Waals surface area contributed by atoms with Gasteiger partial charge in [-0.1, -0.05) is 26.0 Å². The average Bonchev–Trinajstić information content (AvgIpc) is 2.02. The summed E-state index contributed by atoms with van der Waals surface area (Å²) in [6.07, 6.45) is 5.01. The second-order valence-corrected chi connectivity index (χ2v) is 3.16. The molecule has 0 aliphatic heterocycles. The van der Waals surface area contributed by atoms with E-state index in [1.807, 2.05) is 32.9 Å². The quantitative estimate of drug-likeness (QED) is 0.515. The second kappa shape index (κ2) is 5.41. The molecule has 13 heavy (non-hydrogen) atoms. The van der Waals surface area contributed by atoms with Crippen molar-refractivity contribution in [1.82, 2.24) is 0 Å². The van der Waals surface area contributed by atoms with E-state index in [9.17, 15) is 4.79 Å². The van der Waals surface area contributed by atoms with E-state index in [1.165, 1.54) is 0 Å². The number of rotatable bonds is 4. The van der Waals surface area contributed by atoms with E-state index in [0.29, 0.717) is 5.70 Å². The van der Waals surface area contributed by atoms with Crippen molar-refractivity contribution in [1.29, 1.82) is 0 Å². The Hall–Kier alpha value is -1.25. The minimum Gasteiger partial charge on any atom is -0.478 e. The fourth-order valence-electron chi connectivity index (χ4n) is 1.05. The standard InChI is InChI=1S/C10H17NO2/c1-4-5-7(2)8(3)9(11)6-10(12)13/h4-8H,11H2,1-3H3,(H,12,13)/b5-4+,9-6-/t7-,8-/m0/s1. The number of allylic oxidation sites excluding steroid dienone is 3. The van der Waals surface area contributed by atoms with Crippen molar-refractivity contribution in [3.63, 3.8) is 0 Å². The first-order valence-corrected chi connectivity index (χ1v) is 4.31. The lowest BCUT2D eigenvalue weighted by Gasteiger charge is -2.16. The fraction of sp³-hybridized carbons (Fsp3) is 0.500. The van der Waals surface area contributed by atoms with E-state index < -0.39 is 5.97 Å². The van der Waals surface area contributed by atoms with Crippen LogP contribution in [0.2, 0.25) is 0 Å². The van der Waals surface area contributed by atoms with Gasteiger partial charge in [0.05, 0.1) is 0 Å². The van der Waals surface area contributed by atoms with Crippen LogP contribution in [0.1, 0.15) is 20.8 Å². The van der Waals surface area contributed by atoms with Gasteiger partial charge in [-0.15, -0.1) is 0 Å². The van der Waals surface area contributed by atoms with E-state index in [4.69, 9.17) is 10.8 Å². The van der Waals surface area contributed by atoms with Crippen LogP contribution in [0.3, 0.4) is 0 Å². The fourth-order valence-corrected chi connectivity index (χ4v) is 1.05. The third kappa shape index (κ3) is 4.35. The second-order valence-electron chi connectivity index (χ2n) is 3.16. The molecular formula is C10H17NO2. The molecule has 3 N–H and O–H groups in total. The Balaban J connectivity index is 4.41. The first kappa shape index (κ1) is 11.8. The Morgan fingerprint density at radius 2 is 2.00 bits per heavy atom. The van der Waals surface area contributed by atoms with Crippen molar-refractivity contribution in [2.45, 2.75) is 20.8 Å². The van der Waals surface area contributed by atoms with Gasteiger partial charge in [0.25, 0.3) is 0 Å². The molecular weight excluding hydrogens is 166 g/mol. The van der Waals surface area contributed by atoms with Gasteiger partial charge in [-0.25, -0.2) is 4.79 Å². The van der Waals surface area contributed by atoms with Gasteiger partial charge in [0.2, 0.25) is 0 Å². The van der Waals surface area contributed by atoms with E-state index in [2.05, 4.69) is 0 Å². The highest BCUT2D eigenvalue weighted by molar-refractivity contribution is 5.80. The van der Waals surface area contributed by atoms with E-state index in [0.717, 1.165) is 6.08 Å². The summed E-state index contributed by atoms with van der Waals surface area (Å²) in [5.74, 6) is -0.662. The molecule has 0 spiro atoms. The molecule has 0 aromatic heterocycles. The highest BCUT2D eigenvalue weighted by atomic mass is 16.4. The summed E-state index contributed by atoms with van der Waals surface area (Å²) in [5, 5.41) is 8.47. The van der Waals surface area contributed by atoms with Crippen molar-refractivity contribution in [2.75, 3.05) is 0 Å². The summed E-state index contributed by atoms with van der Waals surface area (Å²) in [5.41, 5.74) is 6.01. The van der Waals surface area contributed by atoms with Crippen LogP contribution in [0.15, 0.2) is 23.9 Å². The molecule has 0 rings (SSSR count). The molecule has 0 aliphatic rings. The molecule has 0 saturated heterocycles. The molecule has 2 atom stereocenters. The third-order valence-corrected chi connectivity index (χ3v) is 2.10. The van der Waals surface area contributed by atoms with Crippen LogP contribution >= 0.6 is 0 Å². The molecule has 0 aromatic rings. The summed E-state index contributed by atoms with van der Waals surface area (Å²) >= 11 is 0. The number of carboxylic acid groups (broad SMARTS) is 1. The van der Waals surface area contributed by atoms with Gasteiger partial charge in [0, 0.05) is 17.7 Å². The summed E-state index contributed by atoms with van der Waals surface area (Å²) in [6, 6.07) is 0. The number of hydrogen-bond acceptors (Lipinski definition) is 2. The van der Waals surface area contributed by atoms with Gasteiger partial charge in [-0.3, -0.25) is 0 Å². The highest BCUT2D eigenvalue weighted by Gasteiger charge is 2.12. The monoisotopic (exact) mass is 183 g/mol. The SMILES string of the molecule is C/C=C/[C@H](C)[C@H](C)/C(N)=C/C(=O)O. The summed E-state index contributed by atoms with van der Waals surface area (Å²) < 4.78 is 0. The highest BCUT2D eigenvalue weighted by Crippen LogP contribution is 2.17. The predicted octanol–water partition coefficient (Wildman–Crippen LogP) is 1.76. The number of aliphatic carboxylic acids is 1. The summed E-state index contributed by atoms with van der Waals surface area (Å²) in [4.78, 5) is 10.3. The van der Waals surface area contributed by atoms with Crippen molar-refractivity contribution in [3.8, 4) is 0 Å². The smallest absolute Gasteiger partial charge is 0.330 e. The molecule has 0 fully saturated rings. The van der Waals surface area contributed by atoms with E-state index in [-0.39, 0.29) is 11.8 Å². The summed E-state index contributed by atoms with van der Waals surface area (Å²) in [7, 11) is 0. The molecule has 0 amide bonds. The molecule has 3 nitrogen and oxygen atoms in total. The Morgan fingerprint density at radius 3 is 2.38 bits per heavy atom. The molecule has 0 radical (unpaired) electrons. The third-order valence-electron chi connectivity index (χ3n) is 2.10. The molecule has 0 aliphatic carbocycles. The number of hydrogen-bond donors (Lipinski definition) is 2. The zero-order chi connectivity index (χ0) is 10.4. The molecule has 0 heterocycles. The molecule has 0 bridgehead atoms. The van der Waals surface area contributed by atoms with Gasteiger partial charge in [-0.05, 0) is 12.8 Å². The molecule has 0 unspecified atom stereocenters. The molecule has 0 saturated carbocycles. The van der Waals surface area contributed by atoms with Crippen LogP contribution in [0.4, 0.5) is 0 Å². The lowest BCUT2D eigenvalue weighted by Crippen LogP contribution is -2.16. The first-order valence-electron chi connectivity index (χ1n) is 4.31. The van der Waals surface area contributed by atoms with Crippen LogP contribution in [0.25, 0.3) is 0 Å². The average molecular weight is 183 g/mol. The zero-order valence-corrected chi connectivity index (χ0v) is 8.32.